The second-order valence-electron chi connectivity index (χ2n) is 9.30. The number of piperazine rings is 1. The quantitative estimate of drug-likeness (QED) is 0.419. The van der Waals surface area contributed by atoms with Gasteiger partial charge in [-0.15, -0.1) is 0 Å². The SMILES string of the molecule is O=C(Nc1ccc(N2CCNCC2)cc1)c1cnn2ccc(N3CCOCC3c3cc(F)ccc3F)nc12. The number of amides is 1. The molecule has 0 bridgehead atoms. The van der Waals surface area contributed by atoms with Crippen molar-refractivity contribution in [3.8, 4) is 0 Å². The van der Waals surface area contributed by atoms with Gasteiger partial charge in [0.25, 0.3) is 5.91 Å². The molecule has 4 heterocycles. The van der Waals surface area contributed by atoms with Crippen LogP contribution in [0, 0.1) is 11.6 Å². The Hall–Kier alpha value is -4.09. The second kappa shape index (κ2) is 10.3. The van der Waals surface area contributed by atoms with Gasteiger partial charge in [0.1, 0.15) is 23.0 Å². The number of carbonyl (C=O) groups is 1. The van der Waals surface area contributed by atoms with Crippen molar-refractivity contribution in [3.63, 3.8) is 0 Å². The topological polar surface area (TPSA) is 87.0 Å². The zero-order valence-corrected chi connectivity index (χ0v) is 20.6. The summed E-state index contributed by atoms with van der Waals surface area (Å²) in [5.41, 5.74) is 2.64. The highest BCUT2D eigenvalue weighted by molar-refractivity contribution is 6.08. The number of aromatic nitrogens is 3. The van der Waals surface area contributed by atoms with Crippen molar-refractivity contribution in [2.45, 2.75) is 6.04 Å². The molecular weight excluding hydrogens is 492 g/mol. The van der Waals surface area contributed by atoms with Gasteiger partial charge in [-0.3, -0.25) is 4.79 Å². The molecular formula is C27H27F2N7O2. The van der Waals surface area contributed by atoms with Crippen LogP contribution in [0.25, 0.3) is 5.65 Å². The Kier molecular flexibility index (Phi) is 6.61. The van der Waals surface area contributed by atoms with Gasteiger partial charge in [0, 0.05) is 55.9 Å². The maximum atomic E-state index is 14.6. The highest BCUT2D eigenvalue weighted by atomic mass is 19.1. The van der Waals surface area contributed by atoms with E-state index in [9.17, 15) is 13.6 Å². The van der Waals surface area contributed by atoms with E-state index in [-0.39, 0.29) is 18.1 Å². The summed E-state index contributed by atoms with van der Waals surface area (Å²) in [6, 6.07) is 12.3. The molecule has 0 saturated carbocycles. The number of rotatable bonds is 5. The molecule has 6 rings (SSSR count). The van der Waals surface area contributed by atoms with Crippen LogP contribution in [0.4, 0.5) is 26.0 Å². The number of fused-ring (bicyclic) bond motifs is 1. The lowest BCUT2D eigenvalue weighted by Crippen LogP contribution is -2.43. The Morgan fingerprint density at radius 3 is 2.68 bits per heavy atom. The van der Waals surface area contributed by atoms with Crippen LogP contribution in [0.3, 0.4) is 0 Å². The number of hydrogen-bond acceptors (Lipinski definition) is 7. The lowest BCUT2D eigenvalue weighted by Gasteiger charge is -2.36. The minimum Gasteiger partial charge on any atom is -0.377 e. The Labute approximate surface area is 218 Å². The van der Waals surface area contributed by atoms with Gasteiger partial charge in [-0.25, -0.2) is 18.3 Å². The number of halogens is 2. The van der Waals surface area contributed by atoms with E-state index in [2.05, 4.69) is 20.6 Å². The average molecular weight is 520 g/mol. The molecule has 2 aromatic carbocycles. The monoisotopic (exact) mass is 519 g/mol. The third-order valence-electron chi connectivity index (χ3n) is 6.95. The molecule has 1 atom stereocenters. The van der Waals surface area contributed by atoms with Crippen LogP contribution in [0.5, 0.6) is 0 Å². The first-order valence-corrected chi connectivity index (χ1v) is 12.6. The van der Waals surface area contributed by atoms with Gasteiger partial charge in [0.05, 0.1) is 25.5 Å². The summed E-state index contributed by atoms with van der Waals surface area (Å²) in [7, 11) is 0. The molecule has 196 valence electrons. The van der Waals surface area contributed by atoms with Crippen molar-refractivity contribution >= 4 is 28.7 Å². The fourth-order valence-corrected chi connectivity index (χ4v) is 4.96. The molecule has 1 unspecified atom stereocenters. The molecule has 1 amide bonds. The summed E-state index contributed by atoms with van der Waals surface area (Å²) in [5, 5.41) is 10.5. The minimum atomic E-state index is -0.566. The molecule has 0 aliphatic carbocycles. The van der Waals surface area contributed by atoms with Crippen LogP contribution in [0.2, 0.25) is 0 Å². The van der Waals surface area contributed by atoms with Crippen LogP contribution in [0.1, 0.15) is 22.0 Å². The Bertz CT molecular complexity index is 1450. The number of morpholine rings is 1. The normalized spacial score (nSPS) is 18.1. The van der Waals surface area contributed by atoms with Crippen molar-refractivity contribution in [2.24, 2.45) is 0 Å². The Morgan fingerprint density at radius 1 is 1.05 bits per heavy atom. The number of carbonyl (C=O) groups excluding carboxylic acids is 1. The minimum absolute atomic E-state index is 0.184. The van der Waals surface area contributed by atoms with Gasteiger partial charge >= 0.3 is 0 Å². The maximum absolute atomic E-state index is 14.6. The Balaban J connectivity index is 1.25. The van der Waals surface area contributed by atoms with Crippen molar-refractivity contribution < 1.29 is 18.3 Å². The van der Waals surface area contributed by atoms with Gasteiger partial charge in [-0.2, -0.15) is 5.10 Å². The molecule has 38 heavy (non-hydrogen) atoms. The van der Waals surface area contributed by atoms with Gasteiger partial charge in [-0.1, -0.05) is 0 Å². The van der Waals surface area contributed by atoms with E-state index in [4.69, 9.17) is 9.72 Å². The van der Waals surface area contributed by atoms with E-state index in [1.165, 1.54) is 16.8 Å². The smallest absolute Gasteiger partial charge is 0.261 e. The predicted octanol–water partition coefficient (Wildman–Crippen LogP) is 3.25. The van der Waals surface area contributed by atoms with Gasteiger partial charge in [-0.05, 0) is 48.5 Å². The number of nitrogens with one attached hydrogen (secondary N) is 2. The molecule has 4 aromatic rings. The van der Waals surface area contributed by atoms with Gasteiger partial charge < -0.3 is 25.2 Å². The first kappa shape index (κ1) is 24.3. The lowest BCUT2D eigenvalue weighted by atomic mass is 10.0. The molecule has 2 aliphatic rings. The first-order valence-electron chi connectivity index (χ1n) is 12.6. The zero-order chi connectivity index (χ0) is 26.1. The van der Waals surface area contributed by atoms with Crippen LogP contribution >= 0.6 is 0 Å². The highest BCUT2D eigenvalue weighted by Crippen LogP contribution is 2.31. The van der Waals surface area contributed by atoms with Crippen LogP contribution in [0.15, 0.2) is 60.9 Å². The van der Waals surface area contributed by atoms with E-state index in [1.54, 1.807) is 12.3 Å². The largest absolute Gasteiger partial charge is 0.377 e. The molecule has 9 nitrogen and oxygen atoms in total. The standard InChI is InChI=1S/C27H27F2N7O2/c28-18-1-6-23(29)21(15-18)24-17-38-14-13-35(24)25-7-10-36-26(33-25)22(16-31-36)27(37)32-19-2-4-20(5-3-19)34-11-8-30-9-12-34/h1-7,10,15-16,24,30H,8-9,11-14,17H2,(H,32,37). The first-order chi connectivity index (χ1) is 18.6. The maximum Gasteiger partial charge on any atom is 0.261 e. The fourth-order valence-electron chi connectivity index (χ4n) is 4.96. The number of benzene rings is 2. The molecule has 2 fully saturated rings. The predicted molar refractivity (Wildman–Crippen MR) is 140 cm³/mol. The van der Waals surface area contributed by atoms with Crippen molar-refractivity contribution in [1.82, 2.24) is 19.9 Å². The summed E-state index contributed by atoms with van der Waals surface area (Å²) >= 11 is 0. The van der Waals surface area contributed by atoms with E-state index < -0.39 is 17.7 Å². The average Bonchev–Trinajstić information content (AvgIpc) is 3.39. The third-order valence-corrected chi connectivity index (χ3v) is 6.95. The summed E-state index contributed by atoms with van der Waals surface area (Å²) in [4.78, 5) is 22.1. The summed E-state index contributed by atoms with van der Waals surface area (Å²) in [6.45, 7) is 4.81. The van der Waals surface area contributed by atoms with Crippen LogP contribution in [-0.4, -0.2) is 66.4 Å². The van der Waals surface area contributed by atoms with Crippen molar-refractivity contribution in [3.05, 3.63) is 83.7 Å². The van der Waals surface area contributed by atoms with E-state index >= 15 is 0 Å². The summed E-state index contributed by atoms with van der Waals surface area (Å²) in [6.07, 6.45) is 3.17. The number of anilines is 3. The molecule has 2 saturated heterocycles. The molecule has 2 aliphatic heterocycles. The molecule has 2 aromatic heterocycles. The number of hydrogen-bond donors (Lipinski definition) is 2. The number of nitrogens with zero attached hydrogens (tertiary/aromatic N) is 5. The van der Waals surface area contributed by atoms with Gasteiger partial charge in [0.15, 0.2) is 5.65 Å². The second-order valence-corrected chi connectivity index (χ2v) is 9.30. The number of ether oxygens (including phenoxy) is 1. The van der Waals surface area contributed by atoms with E-state index in [1.807, 2.05) is 29.2 Å². The third kappa shape index (κ3) is 4.77. The van der Waals surface area contributed by atoms with Crippen molar-refractivity contribution in [1.29, 1.82) is 0 Å². The van der Waals surface area contributed by atoms with Crippen LogP contribution < -0.4 is 20.4 Å². The molecule has 0 radical (unpaired) electrons. The fraction of sp³-hybridized carbons (Fsp3) is 0.296. The van der Waals surface area contributed by atoms with Crippen molar-refractivity contribution in [2.75, 3.05) is 61.1 Å². The lowest BCUT2D eigenvalue weighted by molar-refractivity contribution is 0.0926. The van der Waals surface area contributed by atoms with E-state index in [0.717, 1.165) is 44.0 Å². The highest BCUT2D eigenvalue weighted by Gasteiger charge is 2.29. The molecule has 2 N–H and O–H groups in total. The molecule has 11 heteroatoms. The summed E-state index contributed by atoms with van der Waals surface area (Å²) in [5.74, 6) is -0.856. The zero-order valence-electron chi connectivity index (χ0n) is 20.6. The Morgan fingerprint density at radius 2 is 1.87 bits per heavy atom. The van der Waals surface area contributed by atoms with E-state index in [0.29, 0.717) is 35.9 Å². The van der Waals surface area contributed by atoms with Gasteiger partial charge in [0.2, 0.25) is 0 Å². The molecule has 0 spiro atoms. The summed E-state index contributed by atoms with van der Waals surface area (Å²) < 4.78 is 35.6. The van der Waals surface area contributed by atoms with Crippen LogP contribution in [-0.2, 0) is 4.74 Å².